The maximum Gasteiger partial charge on any atom is 0.416 e. The van der Waals surface area contributed by atoms with Crippen molar-refractivity contribution in [1.82, 2.24) is 0 Å². The molecule has 0 N–H and O–H groups in total. The van der Waals surface area contributed by atoms with E-state index in [0.29, 0.717) is 15.8 Å². The molecule has 0 unspecified atom stereocenters. The van der Waals surface area contributed by atoms with Gasteiger partial charge >= 0.3 is 6.18 Å². The summed E-state index contributed by atoms with van der Waals surface area (Å²) in [6, 6.07) is 20.1. The van der Waals surface area contributed by atoms with E-state index in [9.17, 15) is 18.0 Å². The average Bonchev–Trinajstić information content (AvgIpc) is 3.30. The summed E-state index contributed by atoms with van der Waals surface area (Å²) in [7, 11) is 1.90. The van der Waals surface area contributed by atoms with Crippen molar-refractivity contribution in [1.29, 1.82) is 0 Å². The van der Waals surface area contributed by atoms with Gasteiger partial charge in [-0.1, -0.05) is 42.1 Å². The normalized spacial score (nSPS) is 19.3. The lowest BCUT2D eigenvalue weighted by atomic mass is 10.2. The number of hydrogen-bond donors (Lipinski definition) is 0. The van der Waals surface area contributed by atoms with Crippen LogP contribution in [-0.4, -0.2) is 18.1 Å². The van der Waals surface area contributed by atoms with Gasteiger partial charge in [0.25, 0.3) is 5.91 Å². The van der Waals surface area contributed by atoms with Crippen LogP contribution in [0.25, 0.3) is 0 Å². The first kappa shape index (κ1) is 22.6. The minimum atomic E-state index is -4.48. The molecule has 1 saturated heterocycles. The molecule has 3 aromatic carbocycles. The molecule has 1 fully saturated rings. The minimum Gasteiger partial charge on any atom is -0.337 e. The molecule has 2 aliphatic heterocycles. The van der Waals surface area contributed by atoms with E-state index < -0.39 is 11.7 Å². The molecule has 2 aliphatic rings. The number of aliphatic imine (C=N–C) groups is 1. The van der Waals surface area contributed by atoms with Crippen LogP contribution >= 0.6 is 23.5 Å². The van der Waals surface area contributed by atoms with Crippen molar-refractivity contribution in [3.8, 4) is 0 Å². The van der Waals surface area contributed by atoms with Gasteiger partial charge in [0.2, 0.25) is 0 Å². The van der Waals surface area contributed by atoms with Gasteiger partial charge < -0.3 is 4.90 Å². The Morgan fingerprint density at radius 1 is 0.912 bits per heavy atom. The van der Waals surface area contributed by atoms with Crippen LogP contribution in [-0.2, 0) is 11.0 Å². The van der Waals surface area contributed by atoms with Crippen LogP contribution in [0, 0.1) is 6.92 Å². The molecular formula is C25H18F3N3OS2. The summed E-state index contributed by atoms with van der Waals surface area (Å²) in [5.74, 6) is -0.261. The molecule has 0 radical (unpaired) electrons. The Hall–Kier alpha value is -3.17. The van der Waals surface area contributed by atoms with Crippen LogP contribution in [0.1, 0.15) is 11.1 Å². The predicted molar refractivity (Wildman–Crippen MR) is 133 cm³/mol. The van der Waals surface area contributed by atoms with Crippen LogP contribution in [0.4, 0.5) is 30.2 Å². The Balaban J connectivity index is 1.62. The fraction of sp³-hybridized carbons (Fsp3) is 0.120. The molecule has 34 heavy (non-hydrogen) atoms. The first-order valence-electron chi connectivity index (χ1n) is 10.3. The van der Waals surface area contributed by atoms with Gasteiger partial charge in [-0.25, -0.2) is 4.99 Å². The molecule has 0 atom stereocenters. The lowest BCUT2D eigenvalue weighted by molar-refractivity contribution is -0.137. The van der Waals surface area contributed by atoms with Crippen molar-refractivity contribution < 1.29 is 18.0 Å². The molecule has 0 saturated carbocycles. The Kier molecular flexibility index (Phi) is 5.69. The Labute approximate surface area is 203 Å². The third-order valence-corrected chi connectivity index (χ3v) is 7.77. The van der Waals surface area contributed by atoms with Gasteiger partial charge in [-0.3, -0.25) is 9.69 Å². The van der Waals surface area contributed by atoms with Gasteiger partial charge in [0.05, 0.1) is 27.7 Å². The molecular weight excluding hydrogens is 479 g/mol. The molecule has 0 spiro atoms. The molecule has 3 aromatic rings. The van der Waals surface area contributed by atoms with E-state index in [4.69, 9.17) is 0 Å². The first-order chi connectivity index (χ1) is 16.2. The number of nitrogens with zero attached hydrogens (tertiary/aromatic N) is 3. The second-order valence-electron chi connectivity index (χ2n) is 7.79. The lowest BCUT2D eigenvalue weighted by Crippen LogP contribution is -2.29. The molecule has 9 heteroatoms. The van der Waals surface area contributed by atoms with E-state index in [0.717, 1.165) is 33.3 Å². The van der Waals surface area contributed by atoms with E-state index in [1.165, 1.54) is 40.6 Å². The Morgan fingerprint density at radius 2 is 1.68 bits per heavy atom. The van der Waals surface area contributed by atoms with E-state index in [1.807, 2.05) is 61.3 Å². The number of halogens is 3. The van der Waals surface area contributed by atoms with E-state index in [1.54, 1.807) is 6.07 Å². The highest BCUT2D eigenvalue weighted by atomic mass is 32.2. The number of fused-ring (bicyclic) bond motifs is 1. The SMILES string of the molecule is Cc1cccc(N2C(=O)C(=C3Sc4ccccc4N3C)SC2=Nc2cccc(C(F)(F)F)c2)c1. The summed E-state index contributed by atoms with van der Waals surface area (Å²) in [5, 5.41) is 1.07. The monoisotopic (exact) mass is 497 g/mol. The summed E-state index contributed by atoms with van der Waals surface area (Å²) < 4.78 is 39.7. The average molecular weight is 498 g/mol. The maximum atomic E-state index is 13.7. The number of amides is 1. The number of para-hydroxylation sites is 1. The van der Waals surface area contributed by atoms with Crippen molar-refractivity contribution in [2.45, 2.75) is 18.0 Å². The molecule has 5 rings (SSSR count). The number of hydrogen-bond acceptors (Lipinski definition) is 5. The number of amidine groups is 1. The Bertz CT molecular complexity index is 1370. The molecule has 2 heterocycles. The lowest BCUT2D eigenvalue weighted by Gasteiger charge is -2.17. The zero-order chi connectivity index (χ0) is 24.0. The van der Waals surface area contributed by atoms with Gasteiger partial charge in [0.1, 0.15) is 4.91 Å². The van der Waals surface area contributed by atoms with Crippen LogP contribution in [0.2, 0.25) is 0 Å². The van der Waals surface area contributed by atoms with Crippen molar-refractivity contribution in [2.24, 2.45) is 4.99 Å². The summed E-state index contributed by atoms with van der Waals surface area (Å²) >= 11 is 2.66. The third kappa shape index (κ3) is 4.10. The number of aryl methyl sites for hydroxylation is 1. The molecule has 4 nitrogen and oxygen atoms in total. The maximum absolute atomic E-state index is 13.7. The van der Waals surface area contributed by atoms with Crippen LogP contribution in [0.5, 0.6) is 0 Å². The molecule has 0 aliphatic carbocycles. The zero-order valence-corrected chi connectivity index (χ0v) is 19.8. The summed E-state index contributed by atoms with van der Waals surface area (Å²) in [5.41, 5.74) is 1.90. The highest BCUT2D eigenvalue weighted by Gasteiger charge is 2.40. The largest absolute Gasteiger partial charge is 0.416 e. The number of anilines is 2. The zero-order valence-electron chi connectivity index (χ0n) is 18.1. The number of benzene rings is 3. The van der Waals surface area contributed by atoms with Gasteiger partial charge in [0, 0.05) is 11.9 Å². The summed E-state index contributed by atoms with van der Waals surface area (Å²) in [6.45, 7) is 1.91. The fourth-order valence-electron chi connectivity index (χ4n) is 3.74. The molecule has 0 aromatic heterocycles. The number of rotatable bonds is 2. The van der Waals surface area contributed by atoms with Crippen LogP contribution < -0.4 is 9.80 Å². The Morgan fingerprint density at radius 3 is 2.41 bits per heavy atom. The van der Waals surface area contributed by atoms with Crippen molar-refractivity contribution in [3.05, 3.63) is 93.9 Å². The minimum absolute atomic E-state index is 0.129. The van der Waals surface area contributed by atoms with Crippen molar-refractivity contribution in [3.63, 3.8) is 0 Å². The van der Waals surface area contributed by atoms with Gasteiger partial charge in [-0.15, -0.1) is 0 Å². The topological polar surface area (TPSA) is 35.9 Å². The highest BCUT2D eigenvalue weighted by Crippen LogP contribution is 2.50. The first-order valence-corrected chi connectivity index (χ1v) is 12.0. The standard InChI is InChI=1S/C25H18F3N3OS2/c1-15-7-5-10-18(13-15)31-22(32)21(23-30(2)19-11-3-4-12-20(19)33-23)34-24(31)29-17-9-6-8-16(14-17)25(26,27)28/h3-14H,1-2H3. The van der Waals surface area contributed by atoms with Gasteiger partial charge in [-0.05, 0) is 66.7 Å². The van der Waals surface area contributed by atoms with Crippen molar-refractivity contribution >= 4 is 51.7 Å². The number of carbonyl (C=O) groups excluding carboxylic acids is 1. The summed E-state index contributed by atoms with van der Waals surface area (Å²) in [4.78, 5) is 23.1. The third-order valence-electron chi connectivity index (χ3n) is 5.37. The second kappa shape index (κ2) is 8.56. The fourth-order valence-corrected chi connectivity index (χ4v) is 6.08. The van der Waals surface area contributed by atoms with Gasteiger partial charge in [-0.2, -0.15) is 13.2 Å². The second-order valence-corrected chi connectivity index (χ2v) is 9.80. The molecule has 1 amide bonds. The van der Waals surface area contributed by atoms with Crippen LogP contribution in [0.3, 0.4) is 0 Å². The van der Waals surface area contributed by atoms with E-state index in [2.05, 4.69) is 4.99 Å². The number of alkyl halides is 3. The smallest absolute Gasteiger partial charge is 0.337 e. The number of carbonyl (C=O) groups is 1. The van der Waals surface area contributed by atoms with E-state index in [-0.39, 0.29) is 11.6 Å². The van der Waals surface area contributed by atoms with Crippen molar-refractivity contribution in [2.75, 3.05) is 16.8 Å². The van der Waals surface area contributed by atoms with Crippen LogP contribution in [0.15, 0.2) is 92.6 Å². The highest BCUT2D eigenvalue weighted by molar-refractivity contribution is 8.20. The predicted octanol–water partition coefficient (Wildman–Crippen LogP) is 7.19. The number of thioether (sulfide) groups is 2. The molecule has 172 valence electrons. The van der Waals surface area contributed by atoms with Gasteiger partial charge in [0.15, 0.2) is 5.17 Å². The summed E-state index contributed by atoms with van der Waals surface area (Å²) in [6.07, 6.45) is -4.48. The van der Waals surface area contributed by atoms with E-state index >= 15 is 0 Å². The quantitative estimate of drug-likeness (QED) is 0.351. The molecule has 0 bridgehead atoms.